The monoisotopic (exact) mass is 464 g/mol. The molecule has 176 valence electrons. The van der Waals surface area contributed by atoms with Gasteiger partial charge in [-0.15, -0.1) is 0 Å². The van der Waals surface area contributed by atoms with Gasteiger partial charge in [-0.25, -0.2) is 9.18 Å². The average molecular weight is 464 g/mol. The van der Waals surface area contributed by atoms with E-state index in [1.165, 1.54) is 24.2 Å². The van der Waals surface area contributed by atoms with Gasteiger partial charge in [-0.3, -0.25) is 4.79 Å². The molecule has 3 rings (SSSR count). The average Bonchev–Trinajstić information content (AvgIpc) is 2.68. The zero-order valence-electron chi connectivity index (χ0n) is 18.6. The lowest BCUT2D eigenvalue weighted by Gasteiger charge is -2.23. The van der Waals surface area contributed by atoms with Gasteiger partial charge in [0.2, 0.25) is 5.43 Å². The first-order valence-corrected chi connectivity index (χ1v) is 10.3. The number of benzene rings is 2. The fourth-order valence-corrected chi connectivity index (χ4v) is 3.87. The van der Waals surface area contributed by atoms with Gasteiger partial charge in [0.15, 0.2) is 0 Å². The van der Waals surface area contributed by atoms with Crippen LogP contribution in [0.2, 0.25) is 0 Å². The summed E-state index contributed by atoms with van der Waals surface area (Å²) in [6.07, 6.45) is -3.26. The summed E-state index contributed by atoms with van der Waals surface area (Å²) in [5, 5.41) is 9.30. The van der Waals surface area contributed by atoms with Crippen molar-refractivity contribution in [1.82, 2.24) is 4.57 Å². The van der Waals surface area contributed by atoms with Crippen molar-refractivity contribution in [3.8, 4) is 0 Å². The Labute approximate surface area is 187 Å². The van der Waals surface area contributed by atoms with E-state index in [0.717, 1.165) is 18.2 Å². The molecule has 2 aromatic carbocycles. The third-order valence-corrected chi connectivity index (χ3v) is 5.24. The Morgan fingerprint density at radius 3 is 2.39 bits per heavy atom. The lowest BCUT2D eigenvalue weighted by molar-refractivity contribution is -0.137. The van der Waals surface area contributed by atoms with Crippen molar-refractivity contribution in [2.75, 3.05) is 11.9 Å². The van der Waals surface area contributed by atoms with Crippen LogP contribution in [0.3, 0.4) is 0 Å². The van der Waals surface area contributed by atoms with Gasteiger partial charge in [-0.2, -0.15) is 13.2 Å². The number of anilines is 1. The molecule has 0 bridgehead atoms. The highest BCUT2D eigenvalue weighted by atomic mass is 19.4. The lowest BCUT2D eigenvalue weighted by Crippen LogP contribution is -2.22. The molecule has 0 saturated heterocycles. The summed E-state index contributed by atoms with van der Waals surface area (Å²) in [6.45, 7) is 5.77. The second-order valence-electron chi connectivity index (χ2n) is 8.61. The lowest BCUT2D eigenvalue weighted by atomic mass is 10.0. The molecule has 0 atom stereocenters. The van der Waals surface area contributed by atoms with Gasteiger partial charge >= 0.3 is 12.1 Å². The molecule has 0 aliphatic carbocycles. The highest BCUT2D eigenvalue weighted by Crippen LogP contribution is 2.32. The number of nitrogens with zero attached hydrogens (tertiary/aromatic N) is 2. The van der Waals surface area contributed by atoms with Crippen molar-refractivity contribution in [3.05, 3.63) is 74.8 Å². The zero-order valence-corrected chi connectivity index (χ0v) is 18.6. The van der Waals surface area contributed by atoms with E-state index in [4.69, 9.17) is 0 Å². The number of fused-ring (bicyclic) bond motifs is 1. The zero-order chi connectivity index (χ0) is 24.7. The molecule has 9 heteroatoms. The van der Waals surface area contributed by atoms with Gasteiger partial charge in [0.25, 0.3) is 0 Å². The molecule has 5 nitrogen and oxygen atoms in total. The summed E-state index contributed by atoms with van der Waals surface area (Å²) in [5.74, 6) is -2.07. The SMILES string of the molecule is Cc1cc(CN(C)c2cc3c(cc2F)c(=O)c(C(=O)O)cn3CC(C)C)cc(C(F)(F)F)c1. The number of carboxylic acids is 1. The summed E-state index contributed by atoms with van der Waals surface area (Å²) in [4.78, 5) is 25.6. The number of alkyl halides is 3. The van der Waals surface area contributed by atoms with Gasteiger partial charge in [-0.05, 0) is 42.7 Å². The van der Waals surface area contributed by atoms with Gasteiger partial charge < -0.3 is 14.6 Å². The first-order valence-electron chi connectivity index (χ1n) is 10.3. The Bertz CT molecular complexity index is 1280. The van der Waals surface area contributed by atoms with E-state index in [-0.39, 0.29) is 23.5 Å². The van der Waals surface area contributed by atoms with Crippen molar-refractivity contribution in [1.29, 1.82) is 0 Å². The van der Waals surface area contributed by atoms with E-state index in [0.29, 0.717) is 23.2 Å². The Morgan fingerprint density at radius 1 is 1.15 bits per heavy atom. The minimum Gasteiger partial charge on any atom is -0.477 e. The van der Waals surface area contributed by atoms with E-state index in [9.17, 15) is 27.9 Å². The Kier molecular flexibility index (Phi) is 6.53. The summed E-state index contributed by atoms with van der Waals surface area (Å²) in [6, 6.07) is 6.09. The minimum absolute atomic E-state index is 0.00515. The van der Waals surface area contributed by atoms with Crippen LogP contribution < -0.4 is 10.3 Å². The molecule has 3 aromatic rings. The predicted molar refractivity (Wildman–Crippen MR) is 118 cm³/mol. The van der Waals surface area contributed by atoms with E-state index < -0.39 is 34.5 Å². The van der Waals surface area contributed by atoms with Crippen LogP contribution in [-0.2, 0) is 19.3 Å². The summed E-state index contributed by atoms with van der Waals surface area (Å²) >= 11 is 0. The van der Waals surface area contributed by atoms with Crippen molar-refractivity contribution in [2.45, 2.75) is 40.0 Å². The molecule has 0 unspecified atom stereocenters. The van der Waals surface area contributed by atoms with Crippen molar-refractivity contribution in [3.63, 3.8) is 0 Å². The van der Waals surface area contributed by atoms with Crippen LogP contribution in [-0.4, -0.2) is 22.7 Å². The number of pyridine rings is 1. The molecule has 1 N–H and O–H groups in total. The number of hydrogen-bond acceptors (Lipinski definition) is 3. The third-order valence-electron chi connectivity index (χ3n) is 5.24. The molecule has 1 heterocycles. The fourth-order valence-electron chi connectivity index (χ4n) is 3.87. The van der Waals surface area contributed by atoms with Crippen LogP contribution in [0.1, 0.15) is 40.9 Å². The van der Waals surface area contributed by atoms with E-state index in [2.05, 4.69) is 0 Å². The van der Waals surface area contributed by atoms with E-state index in [1.807, 2.05) is 13.8 Å². The van der Waals surface area contributed by atoms with Crippen LogP contribution in [0.5, 0.6) is 0 Å². The van der Waals surface area contributed by atoms with Gasteiger partial charge in [0.1, 0.15) is 11.4 Å². The fraction of sp³-hybridized carbons (Fsp3) is 0.333. The smallest absolute Gasteiger partial charge is 0.416 e. The minimum atomic E-state index is -4.50. The van der Waals surface area contributed by atoms with Crippen LogP contribution in [0.15, 0.2) is 41.3 Å². The van der Waals surface area contributed by atoms with Gasteiger partial charge in [0, 0.05) is 31.7 Å². The standard InChI is InChI=1S/C24H24F4N2O3/c1-13(2)10-30-12-18(23(32)33)22(31)17-8-19(25)21(9-20(17)30)29(4)11-15-5-14(3)6-16(7-15)24(26,27)28/h5-9,12-13H,10-11H2,1-4H3,(H,32,33). The van der Waals surface area contributed by atoms with Crippen LogP contribution in [0.25, 0.3) is 10.9 Å². The molecule has 1 aromatic heterocycles. The molecular formula is C24H24F4N2O3. The number of halogens is 4. The number of aromatic nitrogens is 1. The molecule has 33 heavy (non-hydrogen) atoms. The molecule has 0 fully saturated rings. The number of rotatable bonds is 6. The Morgan fingerprint density at radius 2 is 1.82 bits per heavy atom. The predicted octanol–water partition coefficient (Wildman–Crippen LogP) is 5.46. The Balaban J connectivity index is 2.11. The van der Waals surface area contributed by atoms with Crippen LogP contribution >= 0.6 is 0 Å². The van der Waals surface area contributed by atoms with Crippen molar-refractivity contribution in [2.24, 2.45) is 5.92 Å². The number of aromatic carboxylic acids is 1. The maximum atomic E-state index is 15.0. The largest absolute Gasteiger partial charge is 0.477 e. The Hall–Kier alpha value is -3.36. The first kappa shape index (κ1) is 24.3. The maximum Gasteiger partial charge on any atom is 0.416 e. The second kappa shape index (κ2) is 8.88. The van der Waals surface area contributed by atoms with E-state index in [1.54, 1.807) is 17.6 Å². The van der Waals surface area contributed by atoms with Crippen LogP contribution in [0.4, 0.5) is 23.2 Å². The molecule has 0 saturated carbocycles. The van der Waals surface area contributed by atoms with Gasteiger partial charge in [-0.1, -0.05) is 25.5 Å². The molecule has 0 aliphatic rings. The molecule has 0 amide bonds. The highest BCUT2D eigenvalue weighted by Gasteiger charge is 2.31. The summed E-state index contributed by atoms with van der Waals surface area (Å²) in [7, 11) is 1.54. The number of carboxylic acid groups (broad SMARTS) is 1. The molecule has 0 aliphatic heterocycles. The molecule has 0 radical (unpaired) electrons. The van der Waals surface area contributed by atoms with Crippen molar-refractivity contribution >= 4 is 22.6 Å². The van der Waals surface area contributed by atoms with Crippen molar-refractivity contribution < 1.29 is 27.5 Å². The van der Waals surface area contributed by atoms with Gasteiger partial charge in [0.05, 0.1) is 16.8 Å². The normalized spacial score (nSPS) is 11.9. The second-order valence-corrected chi connectivity index (χ2v) is 8.61. The third kappa shape index (κ3) is 5.18. The molecular weight excluding hydrogens is 440 g/mol. The number of hydrogen-bond donors (Lipinski definition) is 1. The summed E-state index contributed by atoms with van der Waals surface area (Å²) < 4.78 is 56.1. The quantitative estimate of drug-likeness (QED) is 0.492. The van der Waals surface area contributed by atoms with Crippen LogP contribution in [0, 0.1) is 18.7 Å². The molecule has 0 spiro atoms. The topological polar surface area (TPSA) is 62.5 Å². The number of carbonyl (C=O) groups is 1. The first-order chi connectivity index (χ1) is 15.3. The van der Waals surface area contributed by atoms with E-state index >= 15 is 4.39 Å². The highest BCUT2D eigenvalue weighted by molar-refractivity contribution is 5.93. The maximum absolute atomic E-state index is 15.0. The summed E-state index contributed by atoms with van der Waals surface area (Å²) in [5.41, 5.74) is -0.817. The number of aryl methyl sites for hydroxylation is 1.